The number of aromatic nitrogens is 5. The van der Waals surface area contributed by atoms with Crippen molar-refractivity contribution in [3.05, 3.63) is 82.5 Å². The van der Waals surface area contributed by atoms with Crippen molar-refractivity contribution >= 4 is 23.2 Å². The van der Waals surface area contributed by atoms with E-state index in [4.69, 9.17) is 24.4 Å². The molecule has 0 unspecified atom stereocenters. The first-order chi connectivity index (χ1) is 15.5. The lowest BCUT2D eigenvalue weighted by Gasteiger charge is -2.13. The molecule has 1 aromatic carbocycles. The minimum atomic E-state index is -0.347. The number of aryl methyl sites for hydroxylation is 1. The lowest BCUT2D eigenvalue weighted by Crippen LogP contribution is -2.15. The molecule has 1 N–H and O–H groups in total. The van der Waals surface area contributed by atoms with Crippen LogP contribution in [0.25, 0.3) is 16.9 Å². The Morgan fingerprint density at radius 1 is 1.03 bits per heavy atom. The fraction of sp³-hybridized carbons (Fsp3) is 0.0417. The van der Waals surface area contributed by atoms with Crippen molar-refractivity contribution in [2.75, 3.05) is 5.32 Å². The molecule has 0 aliphatic heterocycles. The molecule has 4 aromatic rings. The van der Waals surface area contributed by atoms with E-state index in [-0.39, 0.29) is 10.9 Å². The first-order valence-corrected chi connectivity index (χ1v) is 9.75. The summed E-state index contributed by atoms with van der Waals surface area (Å²) in [4.78, 5) is 22.6. The average molecular weight is 439 g/mol. The number of halogens is 1. The van der Waals surface area contributed by atoms with Crippen LogP contribution in [0.5, 0.6) is 0 Å². The van der Waals surface area contributed by atoms with Gasteiger partial charge in [-0.1, -0.05) is 23.4 Å². The van der Waals surface area contributed by atoms with Crippen molar-refractivity contribution in [1.82, 2.24) is 25.0 Å². The second-order valence-corrected chi connectivity index (χ2v) is 7.13. The zero-order chi connectivity index (χ0) is 22.7. The standard InChI is InChI=1S/C24H15ClN6O/c1-4-16-11-20(15(3)10-21(16)19-6-7-26-13-17(19)5-2)24(32)30-18-12-22(25)23(27-14-18)31-28-8-9-29-31/h1-2,6-14H,3H3,(H,30,32). The van der Waals surface area contributed by atoms with Crippen LogP contribution < -0.4 is 5.32 Å². The van der Waals surface area contributed by atoms with E-state index in [0.717, 1.165) is 16.7 Å². The van der Waals surface area contributed by atoms with E-state index in [0.29, 0.717) is 28.2 Å². The van der Waals surface area contributed by atoms with Crippen LogP contribution >= 0.6 is 11.6 Å². The number of carbonyl (C=O) groups is 1. The van der Waals surface area contributed by atoms with Crippen LogP contribution in [0.2, 0.25) is 5.02 Å². The lowest BCUT2D eigenvalue weighted by atomic mass is 9.92. The summed E-state index contributed by atoms with van der Waals surface area (Å²) in [7, 11) is 0. The minimum Gasteiger partial charge on any atom is -0.321 e. The van der Waals surface area contributed by atoms with Crippen LogP contribution in [0.4, 0.5) is 5.69 Å². The van der Waals surface area contributed by atoms with Crippen molar-refractivity contribution < 1.29 is 4.79 Å². The Morgan fingerprint density at radius 2 is 1.78 bits per heavy atom. The zero-order valence-corrected chi connectivity index (χ0v) is 17.6. The van der Waals surface area contributed by atoms with E-state index in [1.54, 1.807) is 30.6 Å². The Labute approximate surface area is 189 Å². The average Bonchev–Trinajstić information content (AvgIpc) is 3.33. The molecule has 4 rings (SSSR count). The predicted octanol–water partition coefficient (Wildman–Crippen LogP) is 3.90. The summed E-state index contributed by atoms with van der Waals surface area (Å²) in [6, 6.07) is 6.89. The third-order valence-electron chi connectivity index (χ3n) is 4.72. The van der Waals surface area contributed by atoms with Gasteiger partial charge >= 0.3 is 0 Å². The quantitative estimate of drug-likeness (QED) is 0.488. The van der Waals surface area contributed by atoms with E-state index < -0.39 is 0 Å². The van der Waals surface area contributed by atoms with Gasteiger partial charge in [0.05, 0.1) is 34.9 Å². The van der Waals surface area contributed by atoms with Gasteiger partial charge in [0, 0.05) is 29.1 Å². The summed E-state index contributed by atoms with van der Waals surface area (Å²) in [5.74, 6) is 5.27. The topological polar surface area (TPSA) is 85.6 Å². The molecule has 0 aliphatic rings. The number of rotatable bonds is 4. The predicted molar refractivity (Wildman–Crippen MR) is 122 cm³/mol. The smallest absolute Gasteiger partial charge is 0.256 e. The van der Waals surface area contributed by atoms with Crippen LogP contribution in [0.3, 0.4) is 0 Å². The maximum atomic E-state index is 13.0. The first-order valence-electron chi connectivity index (χ1n) is 9.37. The molecule has 0 saturated heterocycles. The molecule has 0 fully saturated rings. The van der Waals surface area contributed by atoms with Crippen LogP contribution in [0.15, 0.2) is 55.2 Å². The zero-order valence-electron chi connectivity index (χ0n) is 16.9. The second-order valence-electron chi connectivity index (χ2n) is 6.72. The van der Waals surface area contributed by atoms with Gasteiger partial charge in [0.25, 0.3) is 5.91 Å². The number of amides is 1. The van der Waals surface area contributed by atoms with Gasteiger partial charge in [-0.05, 0) is 42.3 Å². The molecule has 32 heavy (non-hydrogen) atoms. The number of nitrogens with one attached hydrogen (secondary N) is 1. The van der Waals surface area contributed by atoms with E-state index in [1.807, 2.05) is 13.0 Å². The number of pyridine rings is 2. The second kappa shape index (κ2) is 8.73. The molecule has 3 aromatic heterocycles. The van der Waals surface area contributed by atoms with Gasteiger partial charge in [0.15, 0.2) is 5.82 Å². The summed E-state index contributed by atoms with van der Waals surface area (Å²) in [5.41, 5.74) is 4.28. The van der Waals surface area contributed by atoms with Gasteiger partial charge in [0.2, 0.25) is 0 Å². The highest BCUT2D eigenvalue weighted by atomic mass is 35.5. The molecule has 0 saturated carbocycles. The van der Waals surface area contributed by atoms with Crippen LogP contribution in [0, 0.1) is 31.6 Å². The fourth-order valence-electron chi connectivity index (χ4n) is 3.21. The van der Waals surface area contributed by atoms with E-state index in [2.05, 4.69) is 37.3 Å². The third-order valence-corrected chi connectivity index (χ3v) is 5.00. The number of hydrogen-bond acceptors (Lipinski definition) is 5. The monoisotopic (exact) mass is 438 g/mol. The van der Waals surface area contributed by atoms with E-state index >= 15 is 0 Å². The number of terminal acetylenes is 2. The van der Waals surface area contributed by atoms with Crippen molar-refractivity contribution in [2.45, 2.75) is 6.92 Å². The molecule has 1 amide bonds. The molecule has 0 aliphatic carbocycles. The molecule has 7 nitrogen and oxygen atoms in total. The highest BCUT2D eigenvalue weighted by Gasteiger charge is 2.16. The van der Waals surface area contributed by atoms with E-state index in [9.17, 15) is 4.79 Å². The minimum absolute atomic E-state index is 0.287. The summed E-state index contributed by atoms with van der Waals surface area (Å²) in [5, 5.41) is 11.1. The number of nitrogens with zero attached hydrogens (tertiary/aromatic N) is 5. The molecule has 3 heterocycles. The summed E-state index contributed by atoms with van der Waals surface area (Å²) >= 11 is 6.28. The Kier molecular flexibility index (Phi) is 5.67. The molecule has 154 valence electrons. The highest BCUT2D eigenvalue weighted by molar-refractivity contribution is 6.32. The van der Waals surface area contributed by atoms with Gasteiger partial charge in [-0.3, -0.25) is 9.78 Å². The summed E-state index contributed by atoms with van der Waals surface area (Å²) in [6.07, 6.45) is 19.1. The number of carbonyl (C=O) groups excluding carboxylic acids is 1. The normalized spacial score (nSPS) is 10.2. The molecular weight excluding hydrogens is 424 g/mol. The lowest BCUT2D eigenvalue weighted by molar-refractivity contribution is 0.102. The van der Waals surface area contributed by atoms with Crippen LogP contribution in [-0.2, 0) is 0 Å². The maximum Gasteiger partial charge on any atom is 0.256 e. The van der Waals surface area contributed by atoms with Gasteiger partial charge in [0.1, 0.15) is 0 Å². The Balaban J connectivity index is 1.66. The fourth-order valence-corrected chi connectivity index (χ4v) is 3.45. The largest absolute Gasteiger partial charge is 0.321 e. The van der Waals surface area contributed by atoms with Crippen LogP contribution in [0.1, 0.15) is 27.0 Å². The van der Waals surface area contributed by atoms with Crippen molar-refractivity contribution in [3.8, 4) is 41.6 Å². The number of hydrogen-bond donors (Lipinski definition) is 1. The van der Waals surface area contributed by atoms with Crippen LogP contribution in [-0.4, -0.2) is 30.9 Å². The Bertz CT molecular complexity index is 1410. The molecule has 0 spiro atoms. The van der Waals surface area contributed by atoms with Gasteiger partial charge in [-0.25, -0.2) is 4.98 Å². The SMILES string of the molecule is C#Cc1cnccc1-c1cc(C)c(C(=O)Nc2cnc(-n3nccn3)c(Cl)c2)cc1C#C. The highest BCUT2D eigenvalue weighted by Crippen LogP contribution is 2.29. The van der Waals surface area contributed by atoms with Gasteiger partial charge < -0.3 is 5.32 Å². The van der Waals surface area contributed by atoms with Gasteiger partial charge in [-0.15, -0.1) is 17.6 Å². The van der Waals surface area contributed by atoms with Crippen molar-refractivity contribution in [1.29, 1.82) is 0 Å². The Morgan fingerprint density at radius 3 is 2.47 bits per heavy atom. The summed E-state index contributed by atoms with van der Waals surface area (Å²) < 4.78 is 0. The Hall–Kier alpha value is -4.46. The molecular formula is C24H15ClN6O. The molecule has 8 heteroatoms. The molecule has 0 radical (unpaired) electrons. The molecule has 0 bridgehead atoms. The number of benzene rings is 1. The number of anilines is 1. The first kappa shape index (κ1) is 20.8. The van der Waals surface area contributed by atoms with E-state index in [1.165, 1.54) is 23.4 Å². The van der Waals surface area contributed by atoms with Gasteiger partial charge in [-0.2, -0.15) is 10.2 Å². The molecule has 0 atom stereocenters. The maximum absolute atomic E-state index is 13.0. The third kappa shape index (κ3) is 3.93. The summed E-state index contributed by atoms with van der Waals surface area (Å²) in [6.45, 7) is 1.83. The van der Waals surface area contributed by atoms with Crippen molar-refractivity contribution in [3.63, 3.8) is 0 Å². The van der Waals surface area contributed by atoms with Crippen molar-refractivity contribution in [2.24, 2.45) is 0 Å².